The van der Waals surface area contributed by atoms with Crippen LogP contribution in [0.2, 0.25) is 0 Å². The first-order valence-corrected chi connectivity index (χ1v) is 12.1. The Hall–Kier alpha value is -3.28. The summed E-state index contributed by atoms with van der Waals surface area (Å²) in [6.07, 6.45) is -3.06. The van der Waals surface area contributed by atoms with Crippen LogP contribution in [0.1, 0.15) is 41.3 Å². The summed E-state index contributed by atoms with van der Waals surface area (Å²) in [6.45, 7) is 7.36. The molecule has 0 aromatic heterocycles. The first-order valence-electron chi connectivity index (χ1n) is 10.6. The van der Waals surface area contributed by atoms with Crippen molar-refractivity contribution in [3.63, 3.8) is 0 Å². The molecule has 0 bridgehead atoms. The number of hydrogen-bond donors (Lipinski definition) is 3. The van der Waals surface area contributed by atoms with Crippen LogP contribution in [0.4, 0.5) is 24.5 Å². The molecule has 0 radical (unpaired) electrons. The zero-order chi connectivity index (χ0) is 26.6. The standard InChI is InChI=1S/C21H26N2O4S.C2HF3O2/c1-14-8-10-23(11-9-14)19-7-6-17(13-18(19)21(24)25)22-28(26,27)20-12-15(2)4-5-16(20)3;3-2(4,5)1(6)7/h4-7,12-14,22H,8-11H2,1-3H3,(H,24,25);(H,6,7). The molecule has 2 aromatic carbocycles. The highest BCUT2D eigenvalue weighted by Gasteiger charge is 2.38. The summed E-state index contributed by atoms with van der Waals surface area (Å²) in [5, 5.41) is 16.8. The average molecular weight is 517 g/mol. The number of aliphatic carboxylic acids is 1. The van der Waals surface area contributed by atoms with Gasteiger partial charge in [0.05, 0.1) is 16.1 Å². The molecule has 3 rings (SSSR count). The Kier molecular flexibility index (Phi) is 8.77. The summed E-state index contributed by atoms with van der Waals surface area (Å²) >= 11 is 0. The lowest BCUT2D eigenvalue weighted by Gasteiger charge is -2.33. The molecule has 0 atom stereocenters. The number of nitrogens with zero attached hydrogens (tertiary/aromatic N) is 1. The van der Waals surface area contributed by atoms with E-state index in [-0.39, 0.29) is 16.1 Å². The van der Waals surface area contributed by atoms with Gasteiger partial charge in [-0.1, -0.05) is 19.1 Å². The predicted octanol–water partition coefficient (Wildman–Crippen LogP) is 4.67. The molecule has 0 saturated carbocycles. The summed E-state index contributed by atoms with van der Waals surface area (Å²) in [7, 11) is -3.81. The first kappa shape index (κ1) is 28.0. The van der Waals surface area contributed by atoms with Crippen LogP contribution in [0.3, 0.4) is 0 Å². The van der Waals surface area contributed by atoms with E-state index in [1.54, 1.807) is 31.2 Å². The normalized spacial score (nSPS) is 14.6. The van der Waals surface area contributed by atoms with Gasteiger partial charge in [-0.25, -0.2) is 18.0 Å². The van der Waals surface area contributed by atoms with E-state index in [2.05, 4.69) is 16.5 Å². The van der Waals surface area contributed by atoms with Gasteiger partial charge in [-0.05, 0) is 68.0 Å². The van der Waals surface area contributed by atoms with E-state index in [0.717, 1.165) is 31.5 Å². The van der Waals surface area contributed by atoms with Gasteiger partial charge in [-0.3, -0.25) is 4.72 Å². The molecule has 192 valence electrons. The molecule has 0 spiro atoms. The van der Waals surface area contributed by atoms with Crippen molar-refractivity contribution < 1.29 is 41.4 Å². The molecule has 1 fully saturated rings. The van der Waals surface area contributed by atoms with Crippen LogP contribution in [0.25, 0.3) is 0 Å². The van der Waals surface area contributed by atoms with Crippen LogP contribution >= 0.6 is 0 Å². The second-order valence-electron chi connectivity index (χ2n) is 8.38. The van der Waals surface area contributed by atoms with Gasteiger partial charge >= 0.3 is 18.1 Å². The van der Waals surface area contributed by atoms with Crippen molar-refractivity contribution in [2.75, 3.05) is 22.7 Å². The third kappa shape index (κ3) is 7.61. The van der Waals surface area contributed by atoms with Crippen molar-refractivity contribution in [1.29, 1.82) is 0 Å². The van der Waals surface area contributed by atoms with E-state index in [4.69, 9.17) is 9.90 Å². The SMILES string of the molecule is Cc1ccc(C)c(S(=O)(=O)Nc2ccc(N3CCC(C)CC3)c(C(=O)O)c2)c1.O=C(O)C(F)(F)F. The molecule has 1 heterocycles. The Bertz CT molecular complexity index is 1190. The van der Waals surface area contributed by atoms with Crippen LogP contribution in [0.5, 0.6) is 0 Å². The quantitative estimate of drug-likeness (QED) is 0.528. The van der Waals surface area contributed by atoms with E-state index in [0.29, 0.717) is 17.2 Å². The maximum atomic E-state index is 12.8. The van der Waals surface area contributed by atoms with Gasteiger partial charge in [0.15, 0.2) is 0 Å². The number of aromatic carboxylic acids is 1. The number of rotatable bonds is 5. The van der Waals surface area contributed by atoms with E-state index in [9.17, 15) is 31.5 Å². The van der Waals surface area contributed by atoms with Crippen molar-refractivity contribution in [2.24, 2.45) is 5.92 Å². The number of aryl methyl sites for hydroxylation is 2. The molecular weight excluding hydrogens is 489 g/mol. The minimum atomic E-state index is -5.08. The second kappa shape index (κ2) is 11.0. The van der Waals surface area contributed by atoms with Crippen molar-refractivity contribution in [3.8, 4) is 0 Å². The highest BCUT2D eigenvalue weighted by molar-refractivity contribution is 7.92. The molecule has 3 N–H and O–H groups in total. The van der Waals surface area contributed by atoms with Gasteiger partial charge in [0.1, 0.15) is 0 Å². The van der Waals surface area contributed by atoms with Crippen LogP contribution in [0, 0.1) is 19.8 Å². The Morgan fingerprint density at radius 1 is 1.03 bits per heavy atom. The van der Waals surface area contributed by atoms with Gasteiger partial charge in [-0.2, -0.15) is 13.2 Å². The third-order valence-corrected chi connectivity index (χ3v) is 7.00. The zero-order valence-corrected chi connectivity index (χ0v) is 20.2. The van der Waals surface area contributed by atoms with Crippen LogP contribution in [0.15, 0.2) is 41.3 Å². The van der Waals surface area contributed by atoms with Gasteiger partial charge in [0.25, 0.3) is 10.0 Å². The Labute approximate surface area is 201 Å². The molecular formula is C23H27F3N2O6S. The summed E-state index contributed by atoms with van der Waals surface area (Å²) < 4.78 is 59.9. The molecule has 0 aliphatic carbocycles. The average Bonchev–Trinajstić information content (AvgIpc) is 2.75. The fourth-order valence-electron chi connectivity index (χ4n) is 3.50. The van der Waals surface area contributed by atoms with Crippen molar-refractivity contribution >= 4 is 33.3 Å². The predicted molar refractivity (Wildman–Crippen MR) is 124 cm³/mol. The topological polar surface area (TPSA) is 124 Å². The number of nitrogens with one attached hydrogen (secondary N) is 1. The number of halogens is 3. The van der Waals surface area contributed by atoms with E-state index >= 15 is 0 Å². The van der Waals surface area contributed by atoms with Gasteiger partial charge in [-0.15, -0.1) is 0 Å². The number of sulfonamides is 1. The van der Waals surface area contributed by atoms with Crippen LogP contribution in [-0.4, -0.2) is 49.8 Å². The fraction of sp³-hybridized carbons (Fsp3) is 0.391. The lowest BCUT2D eigenvalue weighted by molar-refractivity contribution is -0.192. The number of carboxylic acid groups (broad SMARTS) is 2. The summed E-state index contributed by atoms with van der Waals surface area (Å²) in [4.78, 5) is 23.0. The summed E-state index contributed by atoms with van der Waals surface area (Å²) in [5.41, 5.74) is 2.46. The first-order chi connectivity index (χ1) is 16.1. The number of alkyl halides is 3. The van der Waals surface area contributed by atoms with E-state index in [1.807, 2.05) is 13.0 Å². The number of piperidine rings is 1. The molecule has 35 heavy (non-hydrogen) atoms. The van der Waals surface area contributed by atoms with Gasteiger partial charge in [0, 0.05) is 18.8 Å². The Balaban J connectivity index is 0.000000540. The van der Waals surface area contributed by atoms with E-state index < -0.39 is 28.1 Å². The second-order valence-corrected chi connectivity index (χ2v) is 10.0. The molecule has 1 aliphatic rings. The number of carbonyl (C=O) groups is 2. The van der Waals surface area contributed by atoms with Crippen LogP contribution < -0.4 is 9.62 Å². The summed E-state index contributed by atoms with van der Waals surface area (Å²) in [6, 6.07) is 9.94. The van der Waals surface area contributed by atoms with Crippen molar-refractivity contribution in [3.05, 3.63) is 53.1 Å². The largest absolute Gasteiger partial charge is 0.490 e. The maximum absolute atomic E-state index is 12.8. The highest BCUT2D eigenvalue weighted by atomic mass is 32.2. The Morgan fingerprint density at radius 3 is 2.11 bits per heavy atom. The molecule has 1 aliphatic heterocycles. The molecule has 1 saturated heterocycles. The number of anilines is 2. The summed E-state index contributed by atoms with van der Waals surface area (Å²) in [5.74, 6) is -3.19. The minimum absolute atomic E-state index is 0.107. The molecule has 0 amide bonds. The monoisotopic (exact) mass is 516 g/mol. The molecule has 2 aromatic rings. The molecule has 12 heteroatoms. The molecule has 0 unspecified atom stereocenters. The van der Waals surface area contributed by atoms with Gasteiger partial charge < -0.3 is 15.1 Å². The van der Waals surface area contributed by atoms with E-state index in [1.165, 1.54) is 6.07 Å². The Morgan fingerprint density at radius 2 is 1.60 bits per heavy atom. The molecule has 8 nitrogen and oxygen atoms in total. The fourth-order valence-corrected chi connectivity index (χ4v) is 4.88. The third-order valence-electron chi connectivity index (χ3n) is 5.48. The smallest absolute Gasteiger partial charge is 0.478 e. The van der Waals surface area contributed by atoms with Crippen LogP contribution in [-0.2, 0) is 14.8 Å². The van der Waals surface area contributed by atoms with Crippen molar-refractivity contribution in [1.82, 2.24) is 0 Å². The number of carboxylic acids is 2. The lowest BCUT2D eigenvalue weighted by atomic mass is 9.98. The minimum Gasteiger partial charge on any atom is -0.478 e. The van der Waals surface area contributed by atoms with Crippen molar-refractivity contribution in [2.45, 2.75) is 44.7 Å². The highest BCUT2D eigenvalue weighted by Crippen LogP contribution is 2.30. The number of benzene rings is 2. The lowest BCUT2D eigenvalue weighted by Crippen LogP contribution is -2.33. The van der Waals surface area contributed by atoms with Gasteiger partial charge in [0.2, 0.25) is 0 Å². The number of hydrogen-bond acceptors (Lipinski definition) is 5. The maximum Gasteiger partial charge on any atom is 0.490 e. The zero-order valence-electron chi connectivity index (χ0n) is 19.4.